The number of nitro benzene ring substituents is 1. The summed E-state index contributed by atoms with van der Waals surface area (Å²) in [4.78, 5) is 14.8. The zero-order chi connectivity index (χ0) is 18.2. The van der Waals surface area contributed by atoms with Crippen molar-refractivity contribution in [1.82, 2.24) is 4.90 Å². The van der Waals surface area contributed by atoms with Crippen LogP contribution in [0.3, 0.4) is 0 Å². The van der Waals surface area contributed by atoms with Crippen LogP contribution in [0.4, 0.5) is 24.5 Å². The molecule has 0 spiro atoms. The molecule has 0 bridgehead atoms. The fraction of sp³-hybridized carbons (Fsp3) is 0.625. The summed E-state index contributed by atoms with van der Waals surface area (Å²) in [5.74, 6) is 0. The Morgan fingerprint density at radius 1 is 1.16 bits per heavy atom. The number of likely N-dealkylation sites (tertiary alicyclic amines) is 1. The first-order valence-corrected chi connectivity index (χ1v) is 8.69. The van der Waals surface area contributed by atoms with E-state index in [0.29, 0.717) is 19.2 Å². The van der Waals surface area contributed by atoms with Crippen LogP contribution in [0.1, 0.15) is 31.2 Å². The van der Waals surface area contributed by atoms with Crippen LogP contribution in [0, 0.1) is 10.1 Å². The normalized spacial score (nSPS) is 22.4. The molecule has 1 atom stereocenters. The summed E-state index contributed by atoms with van der Waals surface area (Å²) < 4.78 is 39.0. The summed E-state index contributed by atoms with van der Waals surface area (Å²) in [7, 11) is 0. The fourth-order valence-electron chi connectivity index (χ4n) is 3.75. The molecule has 1 aromatic carbocycles. The zero-order valence-corrected chi connectivity index (χ0v) is 14.3. The molecule has 0 radical (unpaired) electrons. The summed E-state index contributed by atoms with van der Waals surface area (Å²) >= 11 is 5.79. The van der Waals surface area contributed by atoms with E-state index in [-0.39, 0.29) is 11.7 Å². The summed E-state index contributed by atoms with van der Waals surface area (Å²) in [6.45, 7) is 3.16. The molecule has 2 heterocycles. The number of halogens is 4. The predicted molar refractivity (Wildman–Crippen MR) is 89.2 cm³/mol. The molecule has 0 aromatic heterocycles. The maximum atomic E-state index is 13.0. The second-order valence-corrected chi connectivity index (χ2v) is 6.97. The third-order valence-electron chi connectivity index (χ3n) is 4.96. The minimum Gasteiger partial charge on any atom is -0.364 e. The van der Waals surface area contributed by atoms with Gasteiger partial charge in [0.25, 0.3) is 5.69 Å². The molecule has 0 N–H and O–H groups in total. The van der Waals surface area contributed by atoms with E-state index in [9.17, 15) is 23.3 Å². The van der Waals surface area contributed by atoms with Gasteiger partial charge in [-0.15, -0.1) is 0 Å². The number of benzene rings is 1. The van der Waals surface area contributed by atoms with E-state index in [1.807, 2.05) is 0 Å². The Morgan fingerprint density at radius 2 is 1.84 bits per heavy atom. The summed E-state index contributed by atoms with van der Waals surface area (Å²) in [6.07, 6.45) is -0.596. The van der Waals surface area contributed by atoms with Gasteiger partial charge in [-0.25, -0.2) is 0 Å². The van der Waals surface area contributed by atoms with E-state index in [4.69, 9.17) is 11.6 Å². The molecular weight excluding hydrogens is 359 g/mol. The van der Waals surface area contributed by atoms with Crippen LogP contribution in [0.15, 0.2) is 12.1 Å². The maximum Gasteiger partial charge on any atom is 0.418 e. The van der Waals surface area contributed by atoms with Gasteiger partial charge in [0.15, 0.2) is 0 Å². The van der Waals surface area contributed by atoms with Crippen molar-refractivity contribution in [1.29, 1.82) is 0 Å². The molecular formula is C16H19ClF3N3O2. The number of piperidine rings is 1. The average Bonchev–Trinajstić information content (AvgIpc) is 3.07. The molecule has 25 heavy (non-hydrogen) atoms. The second-order valence-electron chi connectivity index (χ2n) is 6.56. The van der Waals surface area contributed by atoms with Gasteiger partial charge in [0, 0.05) is 25.2 Å². The van der Waals surface area contributed by atoms with Gasteiger partial charge in [0.05, 0.1) is 15.5 Å². The van der Waals surface area contributed by atoms with Gasteiger partial charge in [-0.2, -0.15) is 13.2 Å². The van der Waals surface area contributed by atoms with Crippen molar-refractivity contribution in [3.05, 3.63) is 32.8 Å². The van der Waals surface area contributed by atoms with E-state index in [1.54, 1.807) is 4.90 Å². The van der Waals surface area contributed by atoms with Crippen LogP contribution >= 0.6 is 11.6 Å². The van der Waals surface area contributed by atoms with Gasteiger partial charge in [-0.3, -0.25) is 15.0 Å². The highest BCUT2D eigenvalue weighted by atomic mass is 35.5. The Morgan fingerprint density at radius 3 is 2.44 bits per heavy atom. The predicted octanol–water partition coefficient (Wildman–Crippen LogP) is 4.33. The molecule has 2 saturated heterocycles. The largest absolute Gasteiger partial charge is 0.418 e. The third kappa shape index (κ3) is 3.84. The van der Waals surface area contributed by atoms with Crippen LogP contribution in [-0.4, -0.2) is 42.0 Å². The lowest BCUT2D eigenvalue weighted by Gasteiger charge is -2.38. The minimum atomic E-state index is -4.72. The van der Waals surface area contributed by atoms with Crippen molar-refractivity contribution in [3.8, 4) is 0 Å². The summed E-state index contributed by atoms with van der Waals surface area (Å²) in [5.41, 5.74) is -1.54. The van der Waals surface area contributed by atoms with Gasteiger partial charge in [0.2, 0.25) is 0 Å². The number of alkyl halides is 3. The summed E-state index contributed by atoms with van der Waals surface area (Å²) in [5, 5.41) is 10.8. The lowest BCUT2D eigenvalue weighted by Crippen LogP contribution is -2.47. The molecule has 2 aliphatic rings. The molecule has 2 aliphatic heterocycles. The first-order chi connectivity index (χ1) is 11.8. The van der Waals surface area contributed by atoms with Crippen molar-refractivity contribution in [2.75, 3.05) is 31.1 Å². The smallest absolute Gasteiger partial charge is 0.364 e. The minimum absolute atomic E-state index is 0.173. The van der Waals surface area contributed by atoms with E-state index in [0.717, 1.165) is 44.8 Å². The molecule has 3 rings (SSSR count). The summed E-state index contributed by atoms with van der Waals surface area (Å²) in [6, 6.07) is 1.92. The van der Waals surface area contributed by atoms with Crippen molar-refractivity contribution < 1.29 is 18.1 Å². The number of nitro groups is 1. The number of rotatable bonds is 3. The quantitative estimate of drug-likeness (QED) is 0.581. The Balaban J connectivity index is 1.92. The first-order valence-electron chi connectivity index (χ1n) is 8.31. The highest BCUT2D eigenvalue weighted by Gasteiger charge is 2.37. The van der Waals surface area contributed by atoms with Crippen molar-refractivity contribution in [3.63, 3.8) is 0 Å². The van der Waals surface area contributed by atoms with E-state index < -0.39 is 27.4 Å². The standard InChI is InChI=1S/C16H19ClF3N3O2/c17-13-9-14(15(23(24)25)8-12(13)16(18,19)20)22-7-3-4-11(10-22)21-5-1-2-6-21/h8-9,11H,1-7,10H2/t11-/m1/s1. The van der Waals surface area contributed by atoms with E-state index >= 15 is 0 Å². The highest BCUT2D eigenvalue weighted by molar-refractivity contribution is 6.31. The SMILES string of the molecule is O=[N+]([O-])c1cc(C(F)(F)F)c(Cl)cc1N1CCC[C@@H](N2CCCC2)C1. The molecule has 2 fully saturated rings. The number of hydrogen-bond donors (Lipinski definition) is 0. The van der Waals surface area contributed by atoms with Crippen LogP contribution in [0.2, 0.25) is 5.02 Å². The van der Waals surface area contributed by atoms with Crippen LogP contribution < -0.4 is 4.90 Å². The zero-order valence-electron chi connectivity index (χ0n) is 13.6. The molecule has 0 saturated carbocycles. The molecule has 1 aromatic rings. The Bertz CT molecular complexity index is 663. The molecule has 5 nitrogen and oxygen atoms in total. The van der Waals surface area contributed by atoms with Gasteiger partial charge in [-0.05, 0) is 44.8 Å². The lowest BCUT2D eigenvalue weighted by atomic mass is 10.0. The molecule has 138 valence electrons. The average molecular weight is 378 g/mol. The monoisotopic (exact) mass is 377 g/mol. The fourth-order valence-corrected chi connectivity index (χ4v) is 4.01. The lowest BCUT2D eigenvalue weighted by molar-refractivity contribution is -0.384. The Hall–Kier alpha value is -1.54. The van der Waals surface area contributed by atoms with Crippen LogP contribution in [-0.2, 0) is 6.18 Å². The van der Waals surface area contributed by atoms with Crippen LogP contribution in [0.25, 0.3) is 0 Å². The van der Waals surface area contributed by atoms with Gasteiger partial charge >= 0.3 is 6.18 Å². The Kier molecular flexibility index (Phi) is 5.11. The first kappa shape index (κ1) is 18.3. The topological polar surface area (TPSA) is 49.6 Å². The molecule has 0 aliphatic carbocycles. The third-order valence-corrected chi connectivity index (χ3v) is 5.27. The van der Waals surface area contributed by atoms with E-state index in [1.165, 1.54) is 0 Å². The van der Waals surface area contributed by atoms with Crippen molar-refractivity contribution in [2.24, 2.45) is 0 Å². The van der Waals surface area contributed by atoms with Gasteiger partial charge in [-0.1, -0.05) is 11.6 Å². The van der Waals surface area contributed by atoms with Crippen LogP contribution in [0.5, 0.6) is 0 Å². The number of hydrogen-bond acceptors (Lipinski definition) is 4. The Labute approximate surface area is 148 Å². The van der Waals surface area contributed by atoms with Crippen molar-refractivity contribution >= 4 is 23.0 Å². The van der Waals surface area contributed by atoms with E-state index in [2.05, 4.69) is 4.90 Å². The second kappa shape index (κ2) is 6.99. The van der Waals surface area contributed by atoms with Gasteiger partial charge < -0.3 is 4.90 Å². The highest BCUT2D eigenvalue weighted by Crippen LogP contribution is 2.42. The van der Waals surface area contributed by atoms with Gasteiger partial charge in [0.1, 0.15) is 5.69 Å². The maximum absolute atomic E-state index is 13.0. The molecule has 0 unspecified atom stereocenters. The molecule has 0 amide bonds. The number of anilines is 1. The number of nitrogens with zero attached hydrogens (tertiary/aromatic N) is 3. The van der Waals surface area contributed by atoms with Crippen molar-refractivity contribution in [2.45, 2.75) is 37.9 Å². The molecule has 9 heteroatoms.